The SMILES string of the molecule is CC(C)[C@H](C)Cc1cc2c3c(c1OCCCC[N+]1(C)CCN2CC1)OCCCC[N+]1(C)CCN3CC1. The van der Waals surface area contributed by atoms with E-state index < -0.39 is 0 Å². The quantitative estimate of drug-likeness (QED) is 0.575. The minimum Gasteiger partial charge on any atom is -0.489 e. The van der Waals surface area contributed by atoms with Gasteiger partial charge in [0, 0.05) is 5.56 Å². The van der Waals surface area contributed by atoms with Crippen LogP contribution in [0, 0.1) is 11.8 Å². The molecule has 0 radical (unpaired) electrons. The van der Waals surface area contributed by atoms with Gasteiger partial charge in [0.2, 0.25) is 0 Å². The highest BCUT2D eigenvalue weighted by molar-refractivity contribution is 5.83. The van der Waals surface area contributed by atoms with Gasteiger partial charge in [-0.25, -0.2) is 0 Å². The molecule has 0 N–H and O–H groups in total. The second-order valence-electron chi connectivity index (χ2n) is 13.2. The Labute approximate surface area is 220 Å². The summed E-state index contributed by atoms with van der Waals surface area (Å²) in [6.45, 7) is 20.5. The molecule has 2 fully saturated rings. The Morgan fingerprint density at radius 3 is 1.81 bits per heavy atom. The highest BCUT2D eigenvalue weighted by atomic mass is 16.5. The van der Waals surface area contributed by atoms with E-state index in [-0.39, 0.29) is 0 Å². The molecule has 9 rings (SSSR count). The van der Waals surface area contributed by atoms with Crippen LogP contribution in [-0.2, 0) is 6.42 Å². The first-order valence-corrected chi connectivity index (χ1v) is 14.9. The normalized spacial score (nSPS) is 24.6. The van der Waals surface area contributed by atoms with Gasteiger partial charge < -0.3 is 28.2 Å². The number of ether oxygens (including phenoxy) is 2. The Morgan fingerprint density at radius 1 is 0.722 bits per heavy atom. The van der Waals surface area contributed by atoms with Crippen LogP contribution in [0.2, 0.25) is 0 Å². The van der Waals surface area contributed by atoms with E-state index in [4.69, 9.17) is 9.47 Å². The molecule has 8 aliphatic heterocycles. The Morgan fingerprint density at radius 2 is 1.25 bits per heavy atom. The van der Waals surface area contributed by atoms with E-state index in [0.717, 1.165) is 70.2 Å². The molecule has 0 unspecified atom stereocenters. The lowest BCUT2D eigenvalue weighted by Gasteiger charge is -2.46. The maximum Gasteiger partial charge on any atom is 0.186 e. The molecular formula is C30H52N4O2+2. The lowest BCUT2D eigenvalue weighted by Crippen LogP contribution is -2.59. The smallest absolute Gasteiger partial charge is 0.186 e. The van der Waals surface area contributed by atoms with Crippen LogP contribution < -0.4 is 19.3 Å². The van der Waals surface area contributed by atoms with E-state index in [1.54, 1.807) is 0 Å². The Hall–Kier alpha value is -1.66. The summed E-state index contributed by atoms with van der Waals surface area (Å²) in [5.74, 6) is 3.36. The highest BCUT2D eigenvalue weighted by Crippen LogP contribution is 2.49. The summed E-state index contributed by atoms with van der Waals surface area (Å²) in [4.78, 5) is 5.34. The number of hydrogen-bond acceptors (Lipinski definition) is 4. The molecule has 36 heavy (non-hydrogen) atoms. The zero-order chi connectivity index (χ0) is 25.3. The van der Waals surface area contributed by atoms with Crippen LogP contribution in [0.25, 0.3) is 0 Å². The number of fused-ring (bicyclic) bond motifs is 6. The van der Waals surface area contributed by atoms with Crippen molar-refractivity contribution in [2.75, 3.05) is 103 Å². The molecule has 8 heterocycles. The Kier molecular flexibility index (Phi) is 7.65. The molecular weight excluding hydrogens is 448 g/mol. The van der Waals surface area contributed by atoms with Crippen molar-refractivity contribution in [3.8, 4) is 11.5 Å². The molecule has 6 bridgehead atoms. The van der Waals surface area contributed by atoms with Gasteiger partial charge in [0.15, 0.2) is 11.5 Å². The molecule has 202 valence electrons. The molecule has 0 amide bonds. The molecule has 6 nitrogen and oxygen atoms in total. The lowest BCUT2D eigenvalue weighted by molar-refractivity contribution is -0.910. The van der Waals surface area contributed by atoms with Crippen LogP contribution in [0.5, 0.6) is 11.5 Å². The minimum atomic E-state index is 0.603. The summed E-state index contributed by atoms with van der Waals surface area (Å²) in [5, 5.41) is 0. The standard InChI is InChI=1S/C30H52N4O2/c1-24(2)25(3)22-26-23-27-28-30(36-21-9-7-15-34(5)18-12-32(28)13-19-34)29(26)35-20-8-6-14-33(4)16-10-31(27)11-17-33/h23-25H,6-22H2,1-5H3/q+2/t25-/m1/s1. The van der Waals surface area contributed by atoms with Crippen molar-refractivity contribution in [3.05, 3.63) is 11.6 Å². The van der Waals surface area contributed by atoms with Gasteiger partial charge in [0.1, 0.15) is 5.69 Å². The van der Waals surface area contributed by atoms with E-state index >= 15 is 0 Å². The summed E-state index contributed by atoms with van der Waals surface area (Å²) in [7, 11) is 4.92. The Balaban J connectivity index is 1.65. The van der Waals surface area contributed by atoms with Crippen LogP contribution in [0.15, 0.2) is 6.07 Å². The van der Waals surface area contributed by atoms with Crippen LogP contribution in [-0.4, -0.2) is 102 Å². The molecule has 0 aliphatic carbocycles. The molecule has 0 saturated carbocycles. The highest BCUT2D eigenvalue weighted by Gasteiger charge is 2.37. The van der Waals surface area contributed by atoms with Crippen molar-refractivity contribution in [2.45, 2.75) is 52.9 Å². The van der Waals surface area contributed by atoms with Gasteiger partial charge in [-0.1, -0.05) is 20.8 Å². The van der Waals surface area contributed by atoms with Crippen LogP contribution in [0.3, 0.4) is 0 Å². The number of likely N-dealkylation sites (N-methyl/N-ethyl adjacent to an activating group) is 2. The Bertz CT molecular complexity index is 901. The molecule has 2 saturated heterocycles. The summed E-state index contributed by atoms with van der Waals surface area (Å²) in [5.41, 5.74) is 4.10. The van der Waals surface area contributed by atoms with Crippen molar-refractivity contribution in [1.29, 1.82) is 0 Å². The number of anilines is 2. The molecule has 8 aliphatic rings. The minimum absolute atomic E-state index is 0.603. The fraction of sp³-hybridized carbons (Fsp3) is 0.800. The summed E-state index contributed by atoms with van der Waals surface area (Å²) in [6.07, 6.45) is 5.76. The molecule has 1 aromatic carbocycles. The number of hydrogen-bond donors (Lipinski definition) is 0. The third-order valence-electron chi connectivity index (χ3n) is 9.92. The number of piperazine rings is 2. The average Bonchev–Trinajstić information content (AvgIpc) is 2.87. The van der Waals surface area contributed by atoms with E-state index in [9.17, 15) is 0 Å². The molecule has 0 aromatic heterocycles. The van der Waals surface area contributed by atoms with Crippen molar-refractivity contribution in [1.82, 2.24) is 0 Å². The van der Waals surface area contributed by atoms with Gasteiger partial charge in [-0.2, -0.15) is 0 Å². The molecule has 1 atom stereocenters. The summed E-state index contributed by atoms with van der Waals surface area (Å²) < 4.78 is 16.0. The maximum absolute atomic E-state index is 6.81. The van der Waals surface area contributed by atoms with Gasteiger partial charge in [-0.05, 0) is 50.0 Å². The second-order valence-corrected chi connectivity index (χ2v) is 13.2. The maximum atomic E-state index is 6.81. The van der Waals surface area contributed by atoms with Crippen LogP contribution in [0.1, 0.15) is 52.0 Å². The fourth-order valence-corrected chi connectivity index (χ4v) is 6.59. The van der Waals surface area contributed by atoms with Gasteiger partial charge >= 0.3 is 0 Å². The second kappa shape index (κ2) is 10.6. The summed E-state index contributed by atoms with van der Waals surface area (Å²) >= 11 is 0. The largest absolute Gasteiger partial charge is 0.489 e. The first-order chi connectivity index (χ1) is 17.3. The van der Waals surface area contributed by atoms with Crippen molar-refractivity contribution >= 4 is 11.4 Å². The first kappa shape index (κ1) is 26.0. The third-order valence-corrected chi connectivity index (χ3v) is 9.92. The van der Waals surface area contributed by atoms with Crippen molar-refractivity contribution in [2.24, 2.45) is 11.8 Å². The van der Waals surface area contributed by atoms with Gasteiger partial charge in [-0.15, -0.1) is 0 Å². The van der Waals surface area contributed by atoms with Gasteiger partial charge in [0.25, 0.3) is 0 Å². The van der Waals surface area contributed by atoms with Crippen LogP contribution in [0.4, 0.5) is 11.4 Å². The van der Waals surface area contributed by atoms with E-state index in [1.807, 2.05) is 0 Å². The first-order valence-electron chi connectivity index (χ1n) is 14.9. The monoisotopic (exact) mass is 500 g/mol. The number of benzene rings is 1. The fourth-order valence-electron chi connectivity index (χ4n) is 6.59. The van der Waals surface area contributed by atoms with Crippen molar-refractivity contribution < 1.29 is 18.4 Å². The number of nitrogens with zero attached hydrogens (tertiary/aromatic N) is 4. The summed E-state index contributed by atoms with van der Waals surface area (Å²) in [6, 6.07) is 2.52. The van der Waals surface area contributed by atoms with Gasteiger partial charge in [0.05, 0.1) is 98.4 Å². The number of quaternary nitrogens is 2. The zero-order valence-electron chi connectivity index (χ0n) is 23.9. The van der Waals surface area contributed by atoms with E-state index in [1.165, 1.54) is 78.0 Å². The van der Waals surface area contributed by atoms with Gasteiger partial charge in [-0.3, -0.25) is 0 Å². The van der Waals surface area contributed by atoms with Crippen LogP contribution >= 0.6 is 0 Å². The van der Waals surface area contributed by atoms with E-state index in [2.05, 4.69) is 50.7 Å². The zero-order valence-corrected chi connectivity index (χ0v) is 23.9. The van der Waals surface area contributed by atoms with E-state index in [0.29, 0.717) is 11.8 Å². The molecule has 0 spiro atoms. The number of rotatable bonds is 3. The van der Waals surface area contributed by atoms with Crippen molar-refractivity contribution in [3.63, 3.8) is 0 Å². The third kappa shape index (κ3) is 5.45. The average molecular weight is 501 g/mol. The predicted octanol–water partition coefficient (Wildman–Crippen LogP) is 4.40. The topological polar surface area (TPSA) is 24.9 Å². The predicted molar refractivity (Wildman–Crippen MR) is 150 cm³/mol. The lowest BCUT2D eigenvalue weighted by atomic mass is 9.89. The molecule has 1 aromatic rings. The molecule has 6 heteroatoms.